The van der Waals surface area contributed by atoms with Gasteiger partial charge in [-0.05, 0) is 43.0 Å². The van der Waals surface area contributed by atoms with Gasteiger partial charge in [0.15, 0.2) is 5.65 Å². The zero-order valence-corrected chi connectivity index (χ0v) is 13.0. The first kappa shape index (κ1) is 13.8. The molecule has 116 valence electrons. The summed E-state index contributed by atoms with van der Waals surface area (Å²) >= 11 is 0. The Kier molecular flexibility index (Phi) is 3.04. The Balaban J connectivity index is 1.91. The molecule has 0 aliphatic carbocycles. The third kappa shape index (κ3) is 2.23. The van der Waals surface area contributed by atoms with Crippen molar-refractivity contribution < 1.29 is 0 Å². The molecule has 0 fully saturated rings. The number of hydrogen-bond donors (Lipinski definition) is 2. The molecule has 3 heterocycles. The molecule has 0 bridgehead atoms. The minimum absolute atomic E-state index is 0.151. The zero-order valence-electron chi connectivity index (χ0n) is 13.0. The van der Waals surface area contributed by atoms with Gasteiger partial charge in [-0.1, -0.05) is 18.2 Å². The van der Waals surface area contributed by atoms with Crippen molar-refractivity contribution in [2.24, 2.45) is 0 Å². The molecule has 1 aliphatic heterocycles. The SMILES string of the molecule is Cc1cc(N2CCCc3ccccc32)nc2nc(N)nc(N)c12. The molecular weight excluding hydrogens is 288 g/mol. The number of benzene rings is 1. The molecule has 4 rings (SSSR count). The van der Waals surface area contributed by atoms with Gasteiger partial charge in [-0.3, -0.25) is 0 Å². The van der Waals surface area contributed by atoms with E-state index >= 15 is 0 Å². The number of hydrogen-bond acceptors (Lipinski definition) is 6. The Morgan fingerprint density at radius 3 is 2.78 bits per heavy atom. The Bertz CT molecular complexity index is 905. The van der Waals surface area contributed by atoms with Crippen LogP contribution in [0.2, 0.25) is 0 Å². The number of anilines is 4. The number of pyridine rings is 1. The maximum absolute atomic E-state index is 5.98. The Labute approximate surface area is 134 Å². The molecule has 6 heteroatoms. The Morgan fingerprint density at radius 1 is 1.09 bits per heavy atom. The van der Waals surface area contributed by atoms with E-state index in [-0.39, 0.29) is 5.95 Å². The molecule has 0 saturated heterocycles. The second-order valence-corrected chi connectivity index (χ2v) is 5.85. The lowest BCUT2D eigenvalue weighted by molar-refractivity contribution is 0.760. The van der Waals surface area contributed by atoms with Crippen LogP contribution < -0.4 is 16.4 Å². The van der Waals surface area contributed by atoms with E-state index in [1.165, 1.54) is 11.3 Å². The Morgan fingerprint density at radius 2 is 1.91 bits per heavy atom. The maximum Gasteiger partial charge on any atom is 0.224 e. The highest BCUT2D eigenvalue weighted by atomic mass is 15.2. The van der Waals surface area contributed by atoms with Crippen LogP contribution in [0.3, 0.4) is 0 Å². The van der Waals surface area contributed by atoms with Crippen molar-refractivity contribution in [3.05, 3.63) is 41.5 Å². The van der Waals surface area contributed by atoms with E-state index in [1.807, 2.05) is 13.0 Å². The quantitative estimate of drug-likeness (QED) is 0.717. The van der Waals surface area contributed by atoms with Crippen molar-refractivity contribution in [3.63, 3.8) is 0 Å². The number of aryl methyl sites for hydroxylation is 2. The fourth-order valence-electron chi connectivity index (χ4n) is 3.26. The highest BCUT2D eigenvalue weighted by Gasteiger charge is 2.20. The van der Waals surface area contributed by atoms with Crippen LogP contribution in [0.4, 0.5) is 23.3 Å². The van der Waals surface area contributed by atoms with Crippen LogP contribution in [0.15, 0.2) is 30.3 Å². The fraction of sp³-hybridized carbons (Fsp3) is 0.235. The van der Waals surface area contributed by atoms with Gasteiger partial charge in [-0.2, -0.15) is 9.97 Å². The molecule has 0 unspecified atom stereocenters. The van der Waals surface area contributed by atoms with Crippen LogP contribution in [0.1, 0.15) is 17.5 Å². The van der Waals surface area contributed by atoms with Crippen molar-refractivity contribution in [1.82, 2.24) is 15.0 Å². The first-order valence-corrected chi connectivity index (χ1v) is 7.69. The summed E-state index contributed by atoms with van der Waals surface area (Å²) in [6.07, 6.45) is 2.20. The highest BCUT2D eigenvalue weighted by Crippen LogP contribution is 2.34. The smallest absolute Gasteiger partial charge is 0.224 e. The fourth-order valence-corrected chi connectivity index (χ4v) is 3.26. The number of nitrogen functional groups attached to an aromatic ring is 2. The monoisotopic (exact) mass is 306 g/mol. The van der Waals surface area contributed by atoms with Gasteiger partial charge in [0.2, 0.25) is 5.95 Å². The summed E-state index contributed by atoms with van der Waals surface area (Å²) < 4.78 is 0. The molecule has 3 aromatic rings. The van der Waals surface area contributed by atoms with E-state index in [9.17, 15) is 0 Å². The lowest BCUT2D eigenvalue weighted by Gasteiger charge is -2.30. The zero-order chi connectivity index (χ0) is 16.0. The molecule has 4 N–H and O–H groups in total. The van der Waals surface area contributed by atoms with Crippen molar-refractivity contribution >= 4 is 34.3 Å². The summed E-state index contributed by atoms with van der Waals surface area (Å²) in [5.74, 6) is 1.40. The predicted octanol–water partition coefficient (Wildman–Crippen LogP) is 2.58. The summed E-state index contributed by atoms with van der Waals surface area (Å²) in [7, 11) is 0. The van der Waals surface area contributed by atoms with Crippen LogP contribution in [0.25, 0.3) is 11.0 Å². The molecule has 23 heavy (non-hydrogen) atoms. The molecule has 0 spiro atoms. The third-order valence-electron chi connectivity index (χ3n) is 4.28. The minimum atomic E-state index is 0.151. The van der Waals surface area contributed by atoms with E-state index in [0.717, 1.165) is 36.2 Å². The predicted molar refractivity (Wildman–Crippen MR) is 92.7 cm³/mol. The molecule has 6 nitrogen and oxygen atoms in total. The van der Waals surface area contributed by atoms with Gasteiger partial charge < -0.3 is 16.4 Å². The van der Waals surface area contributed by atoms with E-state index < -0.39 is 0 Å². The van der Waals surface area contributed by atoms with Crippen LogP contribution in [0.5, 0.6) is 0 Å². The van der Waals surface area contributed by atoms with Crippen molar-refractivity contribution in [1.29, 1.82) is 0 Å². The van der Waals surface area contributed by atoms with Gasteiger partial charge >= 0.3 is 0 Å². The van der Waals surface area contributed by atoms with Crippen molar-refractivity contribution in [2.75, 3.05) is 22.9 Å². The van der Waals surface area contributed by atoms with Crippen LogP contribution in [0, 0.1) is 6.92 Å². The topological polar surface area (TPSA) is 94.0 Å². The summed E-state index contributed by atoms with van der Waals surface area (Å²) in [5, 5.41) is 0.772. The summed E-state index contributed by atoms with van der Waals surface area (Å²) in [5.41, 5.74) is 15.8. The molecule has 2 aromatic heterocycles. The maximum atomic E-state index is 5.98. The second kappa shape index (κ2) is 5.08. The van der Waals surface area contributed by atoms with Gasteiger partial charge in [0, 0.05) is 12.2 Å². The van der Waals surface area contributed by atoms with E-state index in [4.69, 9.17) is 16.5 Å². The summed E-state index contributed by atoms with van der Waals surface area (Å²) in [6.45, 7) is 2.93. The normalized spacial score (nSPS) is 14.0. The molecular formula is C17H18N6. The summed E-state index contributed by atoms with van der Waals surface area (Å²) in [4.78, 5) is 15.2. The molecule has 0 amide bonds. The van der Waals surface area contributed by atoms with Gasteiger partial charge in [0.1, 0.15) is 11.6 Å². The molecule has 1 aliphatic rings. The number of nitrogens with zero attached hydrogens (tertiary/aromatic N) is 4. The van der Waals surface area contributed by atoms with E-state index in [2.05, 4.69) is 39.1 Å². The van der Waals surface area contributed by atoms with E-state index in [1.54, 1.807) is 0 Å². The summed E-state index contributed by atoms with van der Waals surface area (Å²) in [6, 6.07) is 10.5. The van der Waals surface area contributed by atoms with Gasteiger partial charge in [-0.25, -0.2) is 4.98 Å². The number of aromatic nitrogens is 3. The van der Waals surface area contributed by atoms with Crippen LogP contribution in [-0.2, 0) is 6.42 Å². The molecule has 0 atom stereocenters. The first-order valence-electron chi connectivity index (χ1n) is 7.69. The van der Waals surface area contributed by atoms with E-state index in [0.29, 0.717) is 11.5 Å². The minimum Gasteiger partial charge on any atom is -0.383 e. The van der Waals surface area contributed by atoms with Gasteiger partial charge in [0.25, 0.3) is 0 Å². The number of para-hydroxylation sites is 1. The van der Waals surface area contributed by atoms with Gasteiger partial charge in [-0.15, -0.1) is 0 Å². The lowest BCUT2D eigenvalue weighted by Crippen LogP contribution is -2.25. The Hall–Kier alpha value is -2.89. The highest BCUT2D eigenvalue weighted by molar-refractivity contribution is 5.91. The number of rotatable bonds is 1. The number of fused-ring (bicyclic) bond motifs is 2. The van der Waals surface area contributed by atoms with Crippen LogP contribution in [-0.4, -0.2) is 21.5 Å². The van der Waals surface area contributed by atoms with Crippen molar-refractivity contribution in [2.45, 2.75) is 19.8 Å². The first-order chi connectivity index (χ1) is 11.1. The average Bonchev–Trinajstić information content (AvgIpc) is 2.53. The average molecular weight is 306 g/mol. The molecule has 1 aromatic carbocycles. The second-order valence-electron chi connectivity index (χ2n) is 5.85. The number of nitrogens with two attached hydrogens (primary N) is 2. The lowest BCUT2D eigenvalue weighted by atomic mass is 10.0. The van der Waals surface area contributed by atoms with Crippen molar-refractivity contribution in [3.8, 4) is 0 Å². The third-order valence-corrected chi connectivity index (χ3v) is 4.28. The standard InChI is InChI=1S/C17H18N6/c1-10-9-13(20-16-14(10)15(18)21-17(19)22-16)23-8-4-6-11-5-2-3-7-12(11)23/h2-3,5,7,9H,4,6,8H2,1H3,(H4,18,19,20,21,22). The largest absolute Gasteiger partial charge is 0.383 e. The van der Waals surface area contributed by atoms with Gasteiger partial charge in [0.05, 0.1) is 5.39 Å². The molecule has 0 radical (unpaired) electrons. The molecule has 0 saturated carbocycles. The van der Waals surface area contributed by atoms with Crippen LogP contribution >= 0.6 is 0 Å².